The molecule has 10 heavy (non-hydrogen) atoms. The third-order valence-electron chi connectivity index (χ3n) is 0.825. The summed E-state index contributed by atoms with van der Waals surface area (Å²) in [6.45, 7) is 0. The van der Waals surface area contributed by atoms with Gasteiger partial charge in [-0.25, -0.2) is 0 Å². The molecule has 0 aromatic carbocycles. The Morgan fingerprint density at radius 3 is 2.80 bits per heavy atom. The van der Waals surface area contributed by atoms with Crippen LogP contribution in [0.15, 0.2) is 21.1 Å². The number of carboxylic acids is 1. The summed E-state index contributed by atoms with van der Waals surface area (Å²) in [5.41, 5.74) is -0.657. The summed E-state index contributed by atoms with van der Waals surface area (Å²) in [4.78, 5) is 10.1. The van der Waals surface area contributed by atoms with Crippen molar-refractivity contribution in [2.75, 3.05) is 0 Å². The minimum Gasteiger partial charge on any atom is -0.543 e. The smallest absolute Gasteiger partial charge is 0.177 e. The van der Waals surface area contributed by atoms with Gasteiger partial charge in [0.2, 0.25) is 0 Å². The van der Waals surface area contributed by atoms with Gasteiger partial charge in [0.1, 0.15) is 5.71 Å². The van der Waals surface area contributed by atoms with Gasteiger partial charge in [0.25, 0.3) is 0 Å². The quantitative estimate of drug-likeness (QED) is 0.453. The van der Waals surface area contributed by atoms with Gasteiger partial charge in [-0.15, -0.1) is 10.2 Å². The van der Waals surface area contributed by atoms with Crippen molar-refractivity contribution in [3.8, 4) is 0 Å². The zero-order valence-corrected chi connectivity index (χ0v) is 4.66. The van der Waals surface area contributed by atoms with E-state index in [1.165, 1.54) is 0 Å². The number of carbonyl (C=O) groups is 1. The van der Waals surface area contributed by atoms with E-state index in [0.717, 1.165) is 0 Å². The molecule has 0 saturated heterocycles. The van der Waals surface area contributed by atoms with Crippen LogP contribution in [0.2, 0.25) is 0 Å². The third-order valence-corrected chi connectivity index (χ3v) is 0.825. The van der Waals surface area contributed by atoms with Crippen LogP contribution in [-0.2, 0) is 4.79 Å². The van der Waals surface area contributed by atoms with E-state index in [4.69, 9.17) is 5.41 Å². The van der Waals surface area contributed by atoms with Gasteiger partial charge in [-0.1, -0.05) is 0 Å². The summed E-state index contributed by atoms with van der Waals surface area (Å²) in [7, 11) is 0. The summed E-state index contributed by atoms with van der Waals surface area (Å²) < 4.78 is 0. The molecule has 0 saturated carbocycles. The molecule has 50 valence electrons. The third kappa shape index (κ3) is 0.828. The number of carboxylic acid groups (broad SMARTS) is 1. The molecule has 0 spiro atoms. The lowest BCUT2D eigenvalue weighted by Crippen LogP contribution is -2.31. The molecule has 1 aliphatic heterocycles. The van der Waals surface area contributed by atoms with Crippen molar-refractivity contribution in [3.05, 3.63) is 5.70 Å². The molecule has 0 amide bonds. The van der Waals surface area contributed by atoms with E-state index in [1.54, 1.807) is 5.87 Å². The molecule has 0 unspecified atom stereocenters. The van der Waals surface area contributed by atoms with Crippen LogP contribution in [0.1, 0.15) is 0 Å². The molecule has 0 fully saturated rings. The van der Waals surface area contributed by atoms with Crippen LogP contribution in [0.5, 0.6) is 0 Å². The molecule has 0 aromatic heterocycles. The SMILES string of the molecule is N=C=C1N=NN=C1C(=O)[O-]. The predicted octanol–water partition coefficient (Wildman–Crippen LogP) is -1.31. The number of hydrogen-bond acceptors (Lipinski definition) is 6. The first-order valence-electron chi connectivity index (χ1n) is 2.26. The summed E-state index contributed by atoms with van der Waals surface area (Å²) in [5, 5.41) is 25.8. The molecule has 1 aliphatic rings. The maximum absolute atomic E-state index is 10.1. The maximum atomic E-state index is 10.1. The molecule has 0 radical (unpaired) electrons. The van der Waals surface area contributed by atoms with Crippen LogP contribution in [0.4, 0.5) is 0 Å². The Labute approximate surface area is 55.1 Å². The zero-order valence-electron chi connectivity index (χ0n) is 4.66. The highest BCUT2D eigenvalue weighted by molar-refractivity contribution is 6.43. The lowest BCUT2D eigenvalue weighted by atomic mass is 10.3. The van der Waals surface area contributed by atoms with Crippen molar-refractivity contribution >= 4 is 17.6 Å². The molecule has 0 aromatic rings. The lowest BCUT2D eigenvalue weighted by molar-refractivity contribution is -0.294. The number of aliphatic carboxylic acids is 1. The Morgan fingerprint density at radius 1 is 1.70 bits per heavy atom. The summed E-state index contributed by atoms with van der Waals surface area (Å²) in [5.74, 6) is 0.250. The first-order chi connectivity index (χ1) is 4.75. The molecule has 6 nitrogen and oxygen atoms in total. The molecular weight excluding hydrogens is 136 g/mol. The average Bonchev–Trinajstić information content (AvgIpc) is 2.33. The van der Waals surface area contributed by atoms with Crippen LogP contribution < -0.4 is 5.11 Å². The molecule has 0 bridgehead atoms. The molecule has 1 N–H and O–H groups in total. The Hall–Kier alpha value is -1.81. The van der Waals surface area contributed by atoms with Gasteiger partial charge in [-0.2, -0.15) is 0 Å². The Kier molecular flexibility index (Phi) is 1.39. The molecule has 0 aliphatic carbocycles. The van der Waals surface area contributed by atoms with Crippen molar-refractivity contribution in [2.24, 2.45) is 15.4 Å². The standard InChI is InChI=1S/C4H2N4O2/c5-1-2-3(4(9)10)7-8-6-2/h5H,(H,9,10)/p-1. The highest BCUT2D eigenvalue weighted by atomic mass is 16.4. The van der Waals surface area contributed by atoms with Gasteiger partial charge in [0, 0.05) is 5.87 Å². The second-order valence-electron chi connectivity index (χ2n) is 1.40. The second kappa shape index (κ2) is 2.20. The fourth-order valence-corrected chi connectivity index (χ4v) is 0.428. The summed E-state index contributed by atoms with van der Waals surface area (Å²) in [6, 6.07) is 0. The van der Waals surface area contributed by atoms with Crippen molar-refractivity contribution in [1.29, 1.82) is 5.41 Å². The number of nitrogens with zero attached hydrogens (tertiary/aromatic N) is 3. The Balaban J connectivity index is 3.04. The average molecular weight is 137 g/mol. The van der Waals surface area contributed by atoms with Crippen LogP contribution in [-0.4, -0.2) is 17.6 Å². The summed E-state index contributed by atoms with van der Waals surface area (Å²) in [6.07, 6.45) is 0. The first kappa shape index (κ1) is 6.31. The van der Waals surface area contributed by atoms with Gasteiger partial charge < -0.3 is 9.90 Å². The maximum Gasteiger partial charge on any atom is 0.177 e. The van der Waals surface area contributed by atoms with Gasteiger partial charge in [-0.3, -0.25) is 5.41 Å². The van der Waals surface area contributed by atoms with Gasteiger partial charge >= 0.3 is 0 Å². The molecule has 6 heteroatoms. The van der Waals surface area contributed by atoms with Gasteiger partial charge in [0.05, 0.1) is 5.97 Å². The molecular formula is C4HN4O2-. The van der Waals surface area contributed by atoms with Crippen LogP contribution in [0, 0.1) is 5.41 Å². The summed E-state index contributed by atoms with van der Waals surface area (Å²) >= 11 is 0. The highest BCUT2D eigenvalue weighted by Crippen LogP contribution is 2.04. The van der Waals surface area contributed by atoms with E-state index in [9.17, 15) is 9.90 Å². The number of nitrogens with one attached hydrogen (secondary N) is 1. The second-order valence-corrected chi connectivity index (χ2v) is 1.40. The van der Waals surface area contributed by atoms with Crippen molar-refractivity contribution in [2.45, 2.75) is 0 Å². The lowest BCUT2D eigenvalue weighted by Gasteiger charge is -1.95. The molecule has 1 heterocycles. The first-order valence-corrected chi connectivity index (χ1v) is 2.26. The van der Waals surface area contributed by atoms with E-state index in [0.29, 0.717) is 0 Å². The topological polar surface area (TPSA) is 101 Å². The Bertz CT molecular complexity index is 284. The van der Waals surface area contributed by atoms with Gasteiger partial charge in [0.15, 0.2) is 5.70 Å². The van der Waals surface area contributed by atoms with Crippen molar-refractivity contribution < 1.29 is 9.90 Å². The molecule has 0 atom stereocenters. The fourth-order valence-electron chi connectivity index (χ4n) is 0.428. The largest absolute Gasteiger partial charge is 0.543 e. The minimum atomic E-state index is -1.50. The fraction of sp³-hybridized carbons (Fsp3) is 0. The highest BCUT2D eigenvalue weighted by Gasteiger charge is 2.12. The molecule has 1 rings (SSSR count). The number of hydrogen-bond donors (Lipinski definition) is 1. The van der Waals surface area contributed by atoms with Gasteiger partial charge in [-0.05, 0) is 5.22 Å². The van der Waals surface area contributed by atoms with Crippen molar-refractivity contribution in [3.63, 3.8) is 0 Å². The van der Waals surface area contributed by atoms with Crippen LogP contribution in [0.25, 0.3) is 0 Å². The number of rotatable bonds is 1. The van der Waals surface area contributed by atoms with E-state index in [1.807, 2.05) is 0 Å². The van der Waals surface area contributed by atoms with E-state index in [2.05, 4.69) is 15.4 Å². The normalized spacial score (nSPS) is 14.8. The number of carbonyl (C=O) groups excluding carboxylic acids is 1. The monoisotopic (exact) mass is 137 g/mol. The van der Waals surface area contributed by atoms with E-state index < -0.39 is 11.7 Å². The van der Waals surface area contributed by atoms with Crippen molar-refractivity contribution in [1.82, 2.24) is 0 Å². The minimum absolute atomic E-state index is 0.208. The Morgan fingerprint density at radius 2 is 2.40 bits per heavy atom. The van der Waals surface area contributed by atoms with Crippen LogP contribution in [0.3, 0.4) is 0 Å². The zero-order chi connectivity index (χ0) is 7.56. The predicted molar refractivity (Wildman–Crippen MR) is 28.5 cm³/mol. The van der Waals surface area contributed by atoms with E-state index >= 15 is 0 Å². The van der Waals surface area contributed by atoms with Crippen LogP contribution >= 0.6 is 0 Å². The van der Waals surface area contributed by atoms with E-state index in [-0.39, 0.29) is 5.70 Å².